The van der Waals surface area contributed by atoms with Gasteiger partial charge in [-0.05, 0) is 55.7 Å². The molecule has 0 fully saturated rings. The number of carbonyl (C=O) groups excluding carboxylic acids is 1. The minimum atomic E-state index is -0.237. The van der Waals surface area contributed by atoms with Crippen molar-refractivity contribution in [3.63, 3.8) is 0 Å². The summed E-state index contributed by atoms with van der Waals surface area (Å²) in [6.07, 6.45) is 0. The first-order valence-corrected chi connectivity index (χ1v) is 12.0. The van der Waals surface area contributed by atoms with Crippen LogP contribution < -0.4 is 10.9 Å². The van der Waals surface area contributed by atoms with E-state index in [1.165, 1.54) is 4.57 Å². The molecule has 0 radical (unpaired) electrons. The summed E-state index contributed by atoms with van der Waals surface area (Å²) in [6, 6.07) is 27.4. The van der Waals surface area contributed by atoms with Crippen molar-refractivity contribution in [3.05, 3.63) is 118 Å². The zero-order valence-electron chi connectivity index (χ0n) is 20.7. The number of para-hydroxylation sites is 1. The molecule has 2 heterocycles. The largest absolute Gasteiger partial charge is 0.350 e. The molecule has 0 unspecified atom stereocenters. The van der Waals surface area contributed by atoms with Crippen LogP contribution in [0.1, 0.15) is 22.3 Å². The number of nitrogens with zero attached hydrogens (tertiary/aromatic N) is 3. The van der Waals surface area contributed by atoms with Gasteiger partial charge in [0, 0.05) is 23.6 Å². The Labute approximate surface area is 209 Å². The summed E-state index contributed by atoms with van der Waals surface area (Å²) < 4.78 is 3.30. The SMILES string of the molecule is Cc1cccc(-c2nn(-c3ccccc3)c3c2c(C)cc(=O)n3CC(=O)NCc2ccccc2C)c1. The Morgan fingerprint density at radius 3 is 2.36 bits per heavy atom. The molecule has 0 atom stereocenters. The highest BCUT2D eigenvalue weighted by atomic mass is 16.2. The van der Waals surface area contributed by atoms with E-state index >= 15 is 0 Å². The highest BCUT2D eigenvalue weighted by Crippen LogP contribution is 2.32. The van der Waals surface area contributed by atoms with Gasteiger partial charge in [-0.25, -0.2) is 4.68 Å². The smallest absolute Gasteiger partial charge is 0.252 e. The minimum absolute atomic E-state index is 0.104. The van der Waals surface area contributed by atoms with Gasteiger partial charge >= 0.3 is 0 Å². The number of benzene rings is 3. The molecule has 3 aromatic carbocycles. The zero-order chi connectivity index (χ0) is 25.2. The Balaban J connectivity index is 1.64. The van der Waals surface area contributed by atoms with Crippen molar-refractivity contribution in [1.82, 2.24) is 19.7 Å². The predicted molar refractivity (Wildman–Crippen MR) is 143 cm³/mol. The number of aryl methyl sites for hydroxylation is 3. The first-order valence-electron chi connectivity index (χ1n) is 12.0. The second-order valence-electron chi connectivity index (χ2n) is 9.12. The number of rotatable bonds is 6. The first-order chi connectivity index (χ1) is 17.4. The molecule has 2 aromatic heterocycles. The van der Waals surface area contributed by atoms with Gasteiger partial charge in [0.25, 0.3) is 5.56 Å². The molecule has 180 valence electrons. The number of hydrogen-bond donors (Lipinski definition) is 1. The lowest BCUT2D eigenvalue weighted by Crippen LogP contribution is -2.33. The predicted octanol–water partition coefficient (Wildman–Crippen LogP) is 5.10. The fraction of sp³-hybridized carbons (Fsp3) is 0.167. The van der Waals surface area contributed by atoms with Crippen molar-refractivity contribution in [3.8, 4) is 16.9 Å². The van der Waals surface area contributed by atoms with Crippen molar-refractivity contribution in [2.24, 2.45) is 0 Å². The lowest BCUT2D eigenvalue weighted by atomic mass is 10.0. The quantitative estimate of drug-likeness (QED) is 0.371. The van der Waals surface area contributed by atoms with Crippen LogP contribution in [0, 0.1) is 20.8 Å². The molecule has 0 saturated heterocycles. The Morgan fingerprint density at radius 1 is 0.861 bits per heavy atom. The summed E-state index contributed by atoms with van der Waals surface area (Å²) in [6.45, 7) is 6.28. The zero-order valence-corrected chi connectivity index (χ0v) is 20.7. The minimum Gasteiger partial charge on any atom is -0.350 e. The molecular weight excluding hydrogens is 448 g/mol. The van der Waals surface area contributed by atoms with Crippen LogP contribution in [-0.2, 0) is 17.9 Å². The third-order valence-electron chi connectivity index (χ3n) is 6.45. The van der Waals surface area contributed by atoms with Gasteiger partial charge in [-0.1, -0.05) is 66.2 Å². The third-order valence-corrected chi connectivity index (χ3v) is 6.45. The van der Waals surface area contributed by atoms with Gasteiger partial charge in [-0.15, -0.1) is 0 Å². The van der Waals surface area contributed by atoms with Crippen LogP contribution in [0.3, 0.4) is 0 Å². The molecule has 0 aliphatic heterocycles. The van der Waals surface area contributed by atoms with E-state index < -0.39 is 0 Å². The fourth-order valence-electron chi connectivity index (χ4n) is 4.56. The molecule has 6 heteroatoms. The van der Waals surface area contributed by atoms with E-state index in [2.05, 4.69) is 11.4 Å². The highest BCUT2D eigenvalue weighted by molar-refractivity contribution is 5.95. The lowest BCUT2D eigenvalue weighted by molar-refractivity contribution is -0.121. The van der Waals surface area contributed by atoms with Crippen molar-refractivity contribution < 1.29 is 4.79 Å². The van der Waals surface area contributed by atoms with Gasteiger partial charge < -0.3 is 5.32 Å². The summed E-state index contributed by atoms with van der Waals surface area (Å²) >= 11 is 0. The Bertz CT molecular complexity index is 1630. The number of nitrogens with one attached hydrogen (secondary N) is 1. The van der Waals surface area contributed by atoms with E-state index in [1.54, 1.807) is 10.7 Å². The number of hydrogen-bond acceptors (Lipinski definition) is 3. The summed E-state index contributed by atoms with van der Waals surface area (Å²) in [5, 5.41) is 8.80. The number of aromatic nitrogens is 3. The second-order valence-corrected chi connectivity index (χ2v) is 9.12. The van der Waals surface area contributed by atoms with Crippen molar-refractivity contribution in [1.29, 1.82) is 0 Å². The van der Waals surface area contributed by atoms with Crippen LogP contribution in [0.25, 0.3) is 28.0 Å². The average Bonchev–Trinajstić information content (AvgIpc) is 3.28. The molecule has 1 amide bonds. The van der Waals surface area contributed by atoms with Crippen molar-refractivity contribution in [2.45, 2.75) is 33.9 Å². The Kier molecular flexibility index (Phi) is 6.25. The topological polar surface area (TPSA) is 68.9 Å². The molecule has 6 nitrogen and oxygen atoms in total. The number of carbonyl (C=O) groups is 1. The molecule has 0 bridgehead atoms. The Morgan fingerprint density at radius 2 is 1.61 bits per heavy atom. The van der Waals surface area contributed by atoms with E-state index in [4.69, 9.17) is 5.10 Å². The molecule has 5 rings (SSSR count). The van der Waals surface area contributed by atoms with Gasteiger partial charge in [-0.2, -0.15) is 5.10 Å². The van der Waals surface area contributed by atoms with Gasteiger partial charge in [0.05, 0.1) is 5.69 Å². The number of amides is 1. The molecule has 0 aliphatic carbocycles. The van der Waals surface area contributed by atoms with E-state index in [0.29, 0.717) is 12.2 Å². The Hall–Kier alpha value is -4.45. The van der Waals surface area contributed by atoms with Crippen LogP contribution >= 0.6 is 0 Å². The van der Waals surface area contributed by atoms with Crippen LogP contribution in [0.5, 0.6) is 0 Å². The van der Waals surface area contributed by atoms with E-state index in [1.807, 2.05) is 93.6 Å². The molecule has 36 heavy (non-hydrogen) atoms. The average molecular weight is 477 g/mol. The fourth-order valence-corrected chi connectivity index (χ4v) is 4.56. The summed E-state index contributed by atoms with van der Waals surface area (Å²) in [5.41, 5.74) is 7.03. The van der Waals surface area contributed by atoms with Gasteiger partial charge in [0.15, 0.2) is 0 Å². The molecular formula is C30H28N4O2. The maximum absolute atomic E-state index is 13.2. The second kappa shape index (κ2) is 9.66. The highest BCUT2D eigenvalue weighted by Gasteiger charge is 2.21. The van der Waals surface area contributed by atoms with Crippen molar-refractivity contribution >= 4 is 16.9 Å². The van der Waals surface area contributed by atoms with E-state index in [-0.39, 0.29) is 18.0 Å². The number of fused-ring (bicyclic) bond motifs is 1. The van der Waals surface area contributed by atoms with Crippen LogP contribution in [0.2, 0.25) is 0 Å². The summed E-state index contributed by atoms with van der Waals surface area (Å²) in [4.78, 5) is 26.3. The maximum Gasteiger partial charge on any atom is 0.252 e. The van der Waals surface area contributed by atoms with E-state index in [0.717, 1.165) is 44.6 Å². The molecule has 1 N–H and O–H groups in total. The summed E-state index contributed by atoms with van der Waals surface area (Å²) in [7, 11) is 0. The first kappa shape index (κ1) is 23.3. The molecule has 0 saturated carbocycles. The molecule has 0 spiro atoms. The van der Waals surface area contributed by atoms with Gasteiger partial charge in [0.2, 0.25) is 5.91 Å². The monoisotopic (exact) mass is 476 g/mol. The molecule has 5 aromatic rings. The summed E-state index contributed by atoms with van der Waals surface area (Å²) in [5.74, 6) is -0.233. The lowest BCUT2D eigenvalue weighted by Gasteiger charge is -2.13. The van der Waals surface area contributed by atoms with Crippen molar-refractivity contribution in [2.75, 3.05) is 0 Å². The number of pyridine rings is 1. The van der Waals surface area contributed by atoms with Gasteiger partial charge in [0.1, 0.15) is 17.9 Å². The van der Waals surface area contributed by atoms with Crippen LogP contribution in [-0.4, -0.2) is 20.3 Å². The normalized spacial score (nSPS) is 11.1. The maximum atomic E-state index is 13.2. The van der Waals surface area contributed by atoms with Crippen LogP contribution in [0.15, 0.2) is 89.7 Å². The van der Waals surface area contributed by atoms with Crippen LogP contribution in [0.4, 0.5) is 0 Å². The standard InChI is InChI=1S/C30H28N4O2/c1-20-10-9-13-23(16-20)29-28-22(3)17-27(36)33(30(28)34(32-29)25-14-5-4-6-15-25)19-26(35)31-18-24-12-8-7-11-21(24)2/h4-17H,18-19H2,1-3H3,(H,31,35). The van der Waals surface area contributed by atoms with E-state index in [9.17, 15) is 9.59 Å². The third kappa shape index (κ3) is 4.45. The van der Waals surface area contributed by atoms with Gasteiger partial charge in [-0.3, -0.25) is 14.2 Å². The molecule has 0 aliphatic rings.